The number of aromatic nitrogens is 1. The molecule has 3 amide bonds. The molecule has 0 atom stereocenters. The van der Waals surface area contributed by atoms with Crippen molar-refractivity contribution in [1.82, 2.24) is 10.3 Å². The third-order valence-corrected chi connectivity index (χ3v) is 4.57. The largest absolute Gasteiger partial charge is 0.486 e. The van der Waals surface area contributed by atoms with Crippen LogP contribution in [0.5, 0.6) is 11.5 Å². The third kappa shape index (κ3) is 6.10. The van der Waals surface area contributed by atoms with Gasteiger partial charge in [0.05, 0.1) is 12.6 Å². The molecule has 0 radical (unpaired) electrons. The van der Waals surface area contributed by atoms with Crippen LogP contribution in [-0.2, 0) is 20.7 Å². The predicted molar refractivity (Wildman–Crippen MR) is 116 cm³/mol. The van der Waals surface area contributed by atoms with E-state index in [-0.39, 0.29) is 12.8 Å². The number of carbonyl (C=O) groups excluding carboxylic acids is 3. The molecule has 0 bridgehead atoms. The van der Waals surface area contributed by atoms with Crippen molar-refractivity contribution in [3.8, 4) is 22.8 Å². The summed E-state index contributed by atoms with van der Waals surface area (Å²) < 4.78 is 21.4. The maximum absolute atomic E-state index is 12.0. The molecule has 1 aliphatic heterocycles. The Balaban J connectivity index is 1.17. The number of ether oxygens (including phenoxy) is 3. The number of rotatable bonds is 7. The number of nitrogens with zero attached hydrogens (tertiary/aromatic N) is 1. The number of hydrogen-bond acceptors (Lipinski definition) is 8. The molecule has 3 aromatic rings. The van der Waals surface area contributed by atoms with E-state index in [2.05, 4.69) is 15.6 Å². The molecule has 33 heavy (non-hydrogen) atoms. The zero-order chi connectivity index (χ0) is 23.0. The first-order chi connectivity index (χ1) is 16.1. The van der Waals surface area contributed by atoms with Crippen molar-refractivity contribution in [2.45, 2.75) is 12.8 Å². The fourth-order valence-electron chi connectivity index (χ4n) is 3.04. The number of amides is 3. The number of fused-ring (bicyclic) bond motifs is 1. The van der Waals surface area contributed by atoms with Gasteiger partial charge in [0.15, 0.2) is 29.8 Å². The fraction of sp³-hybridized carbons (Fsp3) is 0.217. The molecule has 2 N–H and O–H groups in total. The van der Waals surface area contributed by atoms with Crippen LogP contribution in [-0.4, -0.2) is 42.7 Å². The Labute approximate surface area is 188 Å². The van der Waals surface area contributed by atoms with Crippen LogP contribution in [0.25, 0.3) is 11.3 Å². The maximum Gasteiger partial charge on any atom is 0.325 e. The minimum absolute atomic E-state index is 0.0224. The van der Waals surface area contributed by atoms with Crippen LogP contribution >= 0.6 is 0 Å². The van der Waals surface area contributed by atoms with Crippen molar-refractivity contribution in [3.63, 3.8) is 0 Å². The summed E-state index contributed by atoms with van der Waals surface area (Å²) in [4.78, 5) is 39.9. The highest BCUT2D eigenvalue weighted by Gasteiger charge is 2.15. The lowest BCUT2D eigenvalue weighted by molar-refractivity contribution is -0.148. The maximum atomic E-state index is 12.0. The van der Waals surface area contributed by atoms with Gasteiger partial charge in [-0.15, -0.1) is 0 Å². The molecule has 0 unspecified atom stereocenters. The van der Waals surface area contributed by atoms with Crippen LogP contribution in [0, 0.1) is 0 Å². The topological polar surface area (TPSA) is 129 Å². The number of hydrogen-bond donors (Lipinski definition) is 2. The number of nitrogens with one attached hydrogen (secondary N) is 2. The smallest absolute Gasteiger partial charge is 0.325 e. The molecule has 1 aliphatic rings. The Morgan fingerprint density at radius 1 is 1.00 bits per heavy atom. The number of urea groups is 1. The van der Waals surface area contributed by atoms with E-state index in [1.165, 1.54) is 0 Å². The summed E-state index contributed by atoms with van der Waals surface area (Å²) in [6.07, 6.45) is 1.78. The first-order valence-corrected chi connectivity index (χ1v) is 10.2. The summed E-state index contributed by atoms with van der Waals surface area (Å²) in [5.41, 5.74) is 1.30. The highest BCUT2D eigenvalue weighted by Crippen LogP contribution is 2.32. The van der Waals surface area contributed by atoms with E-state index in [1.807, 2.05) is 30.3 Å². The predicted octanol–water partition coefficient (Wildman–Crippen LogP) is 2.94. The molecule has 2 aromatic carbocycles. The molecule has 2 heterocycles. The summed E-state index contributed by atoms with van der Waals surface area (Å²) in [5, 5.41) is 4.60. The first kappa shape index (κ1) is 21.9. The lowest BCUT2D eigenvalue weighted by atomic mass is 10.2. The van der Waals surface area contributed by atoms with Gasteiger partial charge in [-0.1, -0.05) is 30.3 Å². The molecule has 10 heteroatoms. The molecular formula is C23H21N3O7. The summed E-state index contributed by atoms with van der Waals surface area (Å²) in [5.74, 6) is 0.687. The van der Waals surface area contributed by atoms with Gasteiger partial charge >= 0.3 is 12.0 Å². The van der Waals surface area contributed by atoms with E-state index in [1.54, 1.807) is 24.4 Å². The lowest BCUT2D eigenvalue weighted by Crippen LogP contribution is -2.37. The van der Waals surface area contributed by atoms with Gasteiger partial charge in [0, 0.05) is 23.7 Å². The first-order valence-electron chi connectivity index (χ1n) is 10.2. The Morgan fingerprint density at radius 3 is 2.61 bits per heavy atom. The van der Waals surface area contributed by atoms with E-state index in [4.69, 9.17) is 18.6 Å². The molecule has 1 aromatic heterocycles. The average Bonchev–Trinajstić information content (AvgIpc) is 3.31. The molecule has 10 nitrogen and oxygen atoms in total. The SMILES string of the molecule is O=C(COC(=O)CCc1ncc(-c2ccccc2)o1)NC(=O)Nc1ccc2c(c1)OCCO2. The molecule has 0 saturated carbocycles. The number of anilines is 1. The van der Waals surface area contributed by atoms with Crippen molar-refractivity contribution < 1.29 is 33.0 Å². The monoisotopic (exact) mass is 451 g/mol. The average molecular weight is 451 g/mol. The van der Waals surface area contributed by atoms with Gasteiger partial charge in [-0.05, 0) is 12.1 Å². The van der Waals surface area contributed by atoms with Crippen LogP contribution in [0.3, 0.4) is 0 Å². The van der Waals surface area contributed by atoms with Gasteiger partial charge in [-0.2, -0.15) is 0 Å². The number of benzene rings is 2. The fourth-order valence-corrected chi connectivity index (χ4v) is 3.04. The highest BCUT2D eigenvalue weighted by molar-refractivity contribution is 6.02. The van der Waals surface area contributed by atoms with Crippen molar-refractivity contribution in [2.24, 2.45) is 0 Å². The molecule has 170 valence electrons. The zero-order valence-corrected chi connectivity index (χ0v) is 17.5. The van der Waals surface area contributed by atoms with Gasteiger partial charge in [-0.25, -0.2) is 9.78 Å². The molecule has 0 aliphatic carbocycles. The Hall–Kier alpha value is -4.34. The lowest BCUT2D eigenvalue weighted by Gasteiger charge is -2.19. The molecule has 4 rings (SSSR count). The standard InChI is InChI=1S/C23H21N3O7/c27-20(26-23(29)25-16-6-7-17-18(12-16)31-11-10-30-17)14-32-22(28)9-8-21-24-13-19(33-21)15-4-2-1-3-5-15/h1-7,12-13H,8-11,14H2,(H2,25,26,27,29). The Kier molecular flexibility index (Phi) is 6.84. The number of carbonyl (C=O) groups is 3. The van der Waals surface area contributed by atoms with E-state index in [0.717, 1.165) is 5.56 Å². The summed E-state index contributed by atoms with van der Waals surface area (Å²) >= 11 is 0. The molecular weight excluding hydrogens is 430 g/mol. The van der Waals surface area contributed by atoms with Gasteiger partial charge < -0.3 is 23.9 Å². The number of aryl methyl sites for hydroxylation is 1. The van der Waals surface area contributed by atoms with Crippen LogP contribution in [0.15, 0.2) is 59.1 Å². The molecule has 0 spiro atoms. The number of oxazole rings is 1. The van der Waals surface area contributed by atoms with E-state index in [0.29, 0.717) is 42.1 Å². The number of esters is 1. The highest BCUT2D eigenvalue weighted by atomic mass is 16.6. The Morgan fingerprint density at radius 2 is 1.79 bits per heavy atom. The second-order valence-corrected chi connectivity index (χ2v) is 7.01. The molecule has 0 saturated heterocycles. The molecule has 0 fully saturated rings. The van der Waals surface area contributed by atoms with Crippen LogP contribution < -0.4 is 20.1 Å². The summed E-state index contributed by atoms with van der Waals surface area (Å²) in [7, 11) is 0. The van der Waals surface area contributed by atoms with Crippen LogP contribution in [0.2, 0.25) is 0 Å². The van der Waals surface area contributed by atoms with Crippen molar-refractivity contribution >= 4 is 23.6 Å². The van der Waals surface area contributed by atoms with Gasteiger partial charge in [0.25, 0.3) is 5.91 Å². The van der Waals surface area contributed by atoms with Crippen LogP contribution in [0.1, 0.15) is 12.3 Å². The summed E-state index contributed by atoms with van der Waals surface area (Å²) in [6, 6.07) is 13.5. The van der Waals surface area contributed by atoms with E-state index in [9.17, 15) is 14.4 Å². The second-order valence-electron chi connectivity index (χ2n) is 7.01. The number of imide groups is 1. The van der Waals surface area contributed by atoms with Crippen molar-refractivity contribution in [1.29, 1.82) is 0 Å². The second kappa shape index (κ2) is 10.3. The third-order valence-electron chi connectivity index (χ3n) is 4.57. The van der Waals surface area contributed by atoms with Gasteiger partial charge in [0.2, 0.25) is 0 Å². The van der Waals surface area contributed by atoms with Crippen molar-refractivity contribution in [2.75, 3.05) is 25.1 Å². The van der Waals surface area contributed by atoms with E-state index >= 15 is 0 Å². The van der Waals surface area contributed by atoms with Crippen molar-refractivity contribution in [3.05, 3.63) is 60.6 Å². The Bertz CT molecular complexity index is 1140. The van der Waals surface area contributed by atoms with E-state index < -0.39 is 24.5 Å². The zero-order valence-electron chi connectivity index (χ0n) is 17.5. The van der Waals surface area contributed by atoms with Gasteiger partial charge in [0.1, 0.15) is 13.2 Å². The quantitative estimate of drug-likeness (QED) is 0.525. The minimum atomic E-state index is -0.763. The van der Waals surface area contributed by atoms with Crippen LogP contribution in [0.4, 0.5) is 10.5 Å². The minimum Gasteiger partial charge on any atom is -0.486 e. The normalized spacial score (nSPS) is 12.0. The van der Waals surface area contributed by atoms with Gasteiger partial charge in [-0.3, -0.25) is 14.9 Å². The summed E-state index contributed by atoms with van der Waals surface area (Å²) in [6.45, 7) is 0.283.